The number of nitrogens with zero attached hydrogens (tertiary/aromatic N) is 3. The number of aromatic nitrogens is 2. The summed E-state index contributed by atoms with van der Waals surface area (Å²) in [7, 11) is 1.74. The Bertz CT molecular complexity index is 930. The van der Waals surface area contributed by atoms with Crippen molar-refractivity contribution in [3.8, 4) is 0 Å². The number of likely N-dealkylation sites (N-methyl/N-ethyl adjacent to an activating group) is 1. The first-order valence-corrected chi connectivity index (χ1v) is 9.05. The Balaban J connectivity index is 1.59. The molecule has 142 valence electrons. The van der Waals surface area contributed by atoms with Gasteiger partial charge >= 0.3 is 0 Å². The number of amides is 2. The Morgan fingerprint density at radius 1 is 0.929 bits per heavy atom. The minimum absolute atomic E-state index is 0.167. The quantitative estimate of drug-likeness (QED) is 0.690. The van der Waals surface area contributed by atoms with E-state index < -0.39 is 0 Å². The third-order valence-electron chi connectivity index (χ3n) is 4.38. The SMILES string of the molecule is CN(CCc1ccncc1)C(=O)c1cncc(C(=O)NCc2ccccc2)c1. The second-order valence-corrected chi connectivity index (χ2v) is 6.46. The molecule has 6 heteroatoms. The monoisotopic (exact) mass is 374 g/mol. The van der Waals surface area contributed by atoms with Crippen LogP contribution in [0.4, 0.5) is 0 Å². The predicted octanol–water partition coefficient (Wildman–Crippen LogP) is 2.72. The van der Waals surface area contributed by atoms with E-state index in [2.05, 4.69) is 15.3 Å². The highest BCUT2D eigenvalue weighted by Gasteiger charge is 2.15. The third-order valence-corrected chi connectivity index (χ3v) is 4.38. The maximum Gasteiger partial charge on any atom is 0.255 e. The van der Waals surface area contributed by atoms with Gasteiger partial charge in [0.25, 0.3) is 11.8 Å². The van der Waals surface area contributed by atoms with Gasteiger partial charge < -0.3 is 10.2 Å². The highest BCUT2D eigenvalue weighted by Crippen LogP contribution is 2.08. The largest absolute Gasteiger partial charge is 0.348 e. The fourth-order valence-electron chi connectivity index (χ4n) is 2.73. The summed E-state index contributed by atoms with van der Waals surface area (Å²) in [6.45, 7) is 0.983. The van der Waals surface area contributed by atoms with Crippen LogP contribution >= 0.6 is 0 Å². The van der Waals surface area contributed by atoms with Crippen molar-refractivity contribution in [2.75, 3.05) is 13.6 Å². The average molecular weight is 374 g/mol. The van der Waals surface area contributed by atoms with E-state index in [0.717, 1.165) is 17.5 Å². The lowest BCUT2D eigenvalue weighted by Crippen LogP contribution is -2.29. The van der Waals surface area contributed by atoms with Gasteiger partial charge in [-0.3, -0.25) is 19.6 Å². The van der Waals surface area contributed by atoms with E-state index in [-0.39, 0.29) is 11.8 Å². The molecule has 0 aliphatic rings. The van der Waals surface area contributed by atoms with Crippen LogP contribution in [-0.2, 0) is 13.0 Å². The zero-order valence-electron chi connectivity index (χ0n) is 15.7. The summed E-state index contributed by atoms with van der Waals surface area (Å²) in [6, 6.07) is 15.1. The van der Waals surface area contributed by atoms with Gasteiger partial charge in [-0.1, -0.05) is 30.3 Å². The number of pyridine rings is 2. The van der Waals surface area contributed by atoms with Gasteiger partial charge in [0.05, 0.1) is 11.1 Å². The molecule has 3 aromatic rings. The molecule has 0 aliphatic carbocycles. The molecule has 28 heavy (non-hydrogen) atoms. The molecule has 2 amide bonds. The van der Waals surface area contributed by atoms with E-state index in [0.29, 0.717) is 24.2 Å². The molecule has 2 heterocycles. The number of hydrogen-bond acceptors (Lipinski definition) is 4. The van der Waals surface area contributed by atoms with Crippen molar-refractivity contribution in [3.05, 3.63) is 95.6 Å². The fourth-order valence-corrected chi connectivity index (χ4v) is 2.73. The van der Waals surface area contributed by atoms with Crippen molar-refractivity contribution < 1.29 is 9.59 Å². The Morgan fingerprint density at radius 3 is 2.39 bits per heavy atom. The second kappa shape index (κ2) is 9.41. The normalized spacial score (nSPS) is 10.3. The van der Waals surface area contributed by atoms with Crippen LogP contribution in [0.1, 0.15) is 31.8 Å². The van der Waals surface area contributed by atoms with Crippen LogP contribution in [0.15, 0.2) is 73.3 Å². The van der Waals surface area contributed by atoms with E-state index in [9.17, 15) is 9.59 Å². The molecular weight excluding hydrogens is 352 g/mol. The molecular formula is C22H22N4O2. The summed E-state index contributed by atoms with van der Waals surface area (Å²) in [5, 5.41) is 2.85. The smallest absolute Gasteiger partial charge is 0.255 e. The fraction of sp³-hybridized carbons (Fsp3) is 0.182. The van der Waals surface area contributed by atoms with Crippen LogP contribution in [0.5, 0.6) is 0 Å². The first-order chi connectivity index (χ1) is 13.6. The average Bonchev–Trinajstić information content (AvgIpc) is 2.76. The standard InChI is InChI=1S/C22H22N4O2/c1-26(12-9-17-7-10-23-11-8-17)22(28)20-13-19(15-24-16-20)21(27)25-14-18-5-3-2-4-6-18/h2-8,10-11,13,15-16H,9,12,14H2,1H3,(H,25,27). The Labute approximate surface area is 164 Å². The van der Waals surface area contributed by atoms with Gasteiger partial charge in [-0.25, -0.2) is 0 Å². The van der Waals surface area contributed by atoms with Gasteiger partial charge in [0.15, 0.2) is 0 Å². The minimum atomic E-state index is -0.259. The van der Waals surface area contributed by atoms with Crippen molar-refractivity contribution >= 4 is 11.8 Å². The number of carbonyl (C=O) groups is 2. The molecule has 0 bridgehead atoms. The lowest BCUT2D eigenvalue weighted by molar-refractivity contribution is 0.0796. The molecule has 0 radical (unpaired) electrons. The van der Waals surface area contributed by atoms with Crippen LogP contribution in [0.25, 0.3) is 0 Å². The molecule has 1 N–H and O–H groups in total. The predicted molar refractivity (Wildman–Crippen MR) is 107 cm³/mol. The van der Waals surface area contributed by atoms with E-state index in [1.165, 1.54) is 12.4 Å². The first kappa shape index (κ1) is 19.2. The van der Waals surface area contributed by atoms with Crippen molar-refractivity contribution in [1.82, 2.24) is 20.2 Å². The van der Waals surface area contributed by atoms with Gasteiger partial charge in [-0.2, -0.15) is 0 Å². The molecule has 0 unspecified atom stereocenters. The number of nitrogens with one attached hydrogen (secondary N) is 1. The topological polar surface area (TPSA) is 75.2 Å². The zero-order chi connectivity index (χ0) is 19.8. The molecule has 0 aliphatic heterocycles. The van der Waals surface area contributed by atoms with Gasteiger partial charge in [0.1, 0.15) is 0 Å². The van der Waals surface area contributed by atoms with Crippen LogP contribution in [0, 0.1) is 0 Å². The summed E-state index contributed by atoms with van der Waals surface area (Å²) >= 11 is 0. The molecule has 2 aromatic heterocycles. The van der Waals surface area contributed by atoms with Crippen LogP contribution in [0.3, 0.4) is 0 Å². The molecule has 6 nitrogen and oxygen atoms in total. The van der Waals surface area contributed by atoms with E-state index in [4.69, 9.17) is 0 Å². The van der Waals surface area contributed by atoms with Gasteiger partial charge in [0.2, 0.25) is 0 Å². The Kier molecular flexibility index (Phi) is 6.46. The minimum Gasteiger partial charge on any atom is -0.348 e. The van der Waals surface area contributed by atoms with Crippen molar-refractivity contribution in [2.24, 2.45) is 0 Å². The summed E-state index contributed by atoms with van der Waals surface area (Å²) in [5.41, 5.74) is 2.88. The molecule has 0 spiro atoms. The van der Waals surface area contributed by atoms with Crippen LogP contribution in [-0.4, -0.2) is 40.3 Å². The number of rotatable bonds is 7. The maximum absolute atomic E-state index is 12.7. The third kappa shape index (κ3) is 5.23. The molecule has 0 fully saturated rings. The highest BCUT2D eigenvalue weighted by molar-refractivity contribution is 5.99. The summed E-state index contributed by atoms with van der Waals surface area (Å²) in [4.78, 5) is 34.7. The summed E-state index contributed by atoms with van der Waals surface area (Å²) in [6.07, 6.45) is 7.15. The van der Waals surface area contributed by atoms with E-state index >= 15 is 0 Å². The van der Waals surface area contributed by atoms with Crippen molar-refractivity contribution in [1.29, 1.82) is 0 Å². The Morgan fingerprint density at radius 2 is 1.64 bits per heavy atom. The van der Waals surface area contributed by atoms with Crippen LogP contribution in [0.2, 0.25) is 0 Å². The number of benzene rings is 1. The lowest BCUT2D eigenvalue weighted by Gasteiger charge is -2.17. The highest BCUT2D eigenvalue weighted by atomic mass is 16.2. The van der Waals surface area contributed by atoms with Gasteiger partial charge in [-0.15, -0.1) is 0 Å². The maximum atomic E-state index is 12.7. The zero-order valence-corrected chi connectivity index (χ0v) is 15.7. The molecule has 0 atom stereocenters. The van der Waals surface area contributed by atoms with Gasteiger partial charge in [-0.05, 0) is 35.7 Å². The van der Waals surface area contributed by atoms with Gasteiger partial charge in [0, 0.05) is 44.9 Å². The summed E-state index contributed by atoms with van der Waals surface area (Å²) in [5.74, 6) is -0.426. The van der Waals surface area contributed by atoms with Crippen molar-refractivity contribution in [3.63, 3.8) is 0 Å². The molecule has 0 saturated carbocycles. The van der Waals surface area contributed by atoms with Crippen LogP contribution < -0.4 is 5.32 Å². The van der Waals surface area contributed by atoms with E-state index in [1.807, 2.05) is 42.5 Å². The summed E-state index contributed by atoms with van der Waals surface area (Å²) < 4.78 is 0. The van der Waals surface area contributed by atoms with E-state index in [1.54, 1.807) is 30.4 Å². The number of hydrogen-bond donors (Lipinski definition) is 1. The second-order valence-electron chi connectivity index (χ2n) is 6.46. The molecule has 3 rings (SSSR count). The Hall–Kier alpha value is -3.54. The lowest BCUT2D eigenvalue weighted by atomic mass is 10.1. The molecule has 0 saturated heterocycles. The molecule has 1 aromatic carbocycles. The number of carbonyl (C=O) groups excluding carboxylic acids is 2. The first-order valence-electron chi connectivity index (χ1n) is 9.05. The van der Waals surface area contributed by atoms with Crippen molar-refractivity contribution in [2.45, 2.75) is 13.0 Å².